The van der Waals surface area contributed by atoms with Gasteiger partial charge in [0.15, 0.2) is 5.78 Å². The summed E-state index contributed by atoms with van der Waals surface area (Å²) < 4.78 is 17.0. The van der Waals surface area contributed by atoms with Gasteiger partial charge in [-0.2, -0.15) is 0 Å². The molecule has 1 aliphatic carbocycles. The molecule has 0 saturated heterocycles. The van der Waals surface area contributed by atoms with Gasteiger partial charge in [-0.3, -0.25) is 4.79 Å². The van der Waals surface area contributed by atoms with Crippen molar-refractivity contribution < 1.29 is 23.8 Å². The Labute approximate surface area is 214 Å². The number of halogens is 1. The number of Topliss-reactive ketones (excluding diaryl/α,β-unsaturated/α-hetero) is 1. The van der Waals surface area contributed by atoms with Gasteiger partial charge in [0, 0.05) is 29.3 Å². The first-order chi connectivity index (χ1) is 16.9. The minimum atomic E-state index is -0.512. The minimum Gasteiger partial charge on any atom is -0.497 e. The van der Waals surface area contributed by atoms with Crippen molar-refractivity contribution in [2.75, 3.05) is 20.8 Å². The van der Waals surface area contributed by atoms with Gasteiger partial charge >= 0.3 is 5.97 Å². The lowest BCUT2D eigenvalue weighted by Gasteiger charge is -2.36. The summed E-state index contributed by atoms with van der Waals surface area (Å²) in [5.74, 6) is 0.634. The molecule has 0 spiro atoms. The molecule has 184 valence electrons. The lowest BCUT2D eigenvalue weighted by Crippen LogP contribution is -2.36. The highest BCUT2D eigenvalue weighted by Gasteiger charge is 2.41. The van der Waals surface area contributed by atoms with Crippen LogP contribution in [0.15, 0.2) is 69.5 Å². The molecule has 1 aliphatic heterocycles. The number of methoxy groups -OCH3 is 2. The second-order valence-corrected chi connectivity index (χ2v) is 9.67. The van der Waals surface area contributed by atoms with Crippen molar-refractivity contribution in [3.63, 3.8) is 0 Å². The Balaban J connectivity index is 1.77. The SMILES string of the molecule is CCCOC(=O)C1=C(C)NC2=C(C(=O)C[C@H](c3ccc(OC)cc3)C2)[C@@H]1c1ccc(OC)c(Br)c1. The fraction of sp³-hybridized carbons (Fsp3) is 0.357. The lowest BCUT2D eigenvalue weighted by atomic mass is 9.71. The van der Waals surface area contributed by atoms with Crippen molar-refractivity contribution in [3.05, 3.63) is 80.6 Å². The van der Waals surface area contributed by atoms with Crippen molar-refractivity contribution >= 4 is 27.7 Å². The molecule has 1 heterocycles. The molecule has 0 fully saturated rings. The van der Waals surface area contributed by atoms with Crippen molar-refractivity contribution in [2.45, 2.75) is 44.9 Å². The van der Waals surface area contributed by atoms with Crippen molar-refractivity contribution in [1.29, 1.82) is 0 Å². The van der Waals surface area contributed by atoms with E-state index in [1.54, 1.807) is 14.2 Å². The third kappa shape index (κ3) is 5.01. The molecule has 2 atom stereocenters. The van der Waals surface area contributed by atoms with E-state index >= 15 is 0 Å². The van der Waals surface area contributed by atoms with Crippen molar-refractivity contribution in [1.82, 2.24) is 5.32 Å². The monoisotopic (exact) mass is 539 g/mol. The first-order valence-corrected chi connectivity index (χ1v) is 12.6. The molecule has 6 nitrogen and oxygen atoms in total. The van der Waals surface area contributed by atoms with Gasteiger partial charge in [-0.05, 0) is 77.0 Å². The molecule has 2 aliphatic rings. The molecular formula is C28H30BrNO5. The summed E-state index contributed by atoms with van der Waals surface area (Å²) in [4.78, 5) is 26.9. The molecule has 0 amide bonds. The molecule has 4 rings (SSSR count). The zero-order valence-electron chi connectivity index (χ0n) is 20.4. The number of dihydropyridines is 1. The second-order valence-electron chi connectivity index (χ2n) is 8.82. The standard InChI is InChI=1S/C28H30BrNO5/c1-5-12-35-28(32)25-16(2)30-22-14-19(17-6-9-20(33-3)10-7-17)15-23(31)27(22)26(25)18-8-11-24(34-4)21(29)13-18/h6-11,13,19,26,30H,5,12,14-15H2,1-4H3/t19-,26-/m1/s1. The van der Waals surface area contributed by atoms with E-state index in [1.165, 1.54) is 0 Å². The number of hydrogen-bond donors (Lipinski definition) is 1. The molecule has 2 aromatic carbocycles. The third-order valence-corrected chi connectivity index (χ3v) is 7.20. The van der Waals surface area contributed by atoms with Crippen LogP contribution in [-0.4, -0.2) is 32.6 Å². The molecule has 1 N–H and O–H groups in total. The van der Waals surface area contributed by atoms with E-state index < -0.39 is 11.9 Å². The maximum absolute atomic E-state index is 13.7. The minimum absolute atomic E-state index is 0.0322. The molecule has 0 aromatic heterocycles. The van der Waals surface area contributed by atoms with Crippen LogP contribution in [0.2, 0.25) is 0 Å². The maximum atomic E-state index is 13.7. The van der Waals surface area contributed by atoms with Crippen LogP contribution in [0.4, 0.5) is 0 Å². The van der Waals surface area contributed by atoms with E-state index in [1.807, 2.05) is 56.3 Å². The van der Waals surface area contributed by atoms with Crippen LogP contribution in [0.5, 0.6) is 11.5 Å². The summed E-state index contributed by atoms with van der Waals surface area (Å²) in [6.07, 6.45) is 1.77. The molecule has 2 aromatic rings. The Hall–Kier alpha value is -3.06. The van der Waals surface area contributed by atoms with Gasteiger partial charge in [-0.1, -0.05) is 25.1 Å². The number of benzene rings is 2. The van der Waals surface area contributed by atoms with Gasteiger partial charge in [0.05, 0.1) is 30.9 Å². The Bertz CT molecular complexity index is 1200. The number of nitrogens with one attached hydrogen (secondary N) is 1. The van der Waals surface area contributed by atoms with Gasteiger partial charge in [0.25, 0.3) is 0 Å². The predicted octanol–water partition coefficient (Wildman–Crippen LogP) is 5.78. The molecular weight excluding hydrogens is 510 g/mol. The van der Waals surface area contributed by atoms with Crippen LogP contribution in [-0.2, 0) is 14.3 Å². The zero-order chi connectivity index (χ0) is 25.1. The summed E-state index contributed by atoms with van der Waals surface area (Å²) >= 11 is 3.56. The Morgan fingerprint density at radius 2 is 1.77 bits per heavy atom. The zero-order valence-corrected chi connectivity index (χ0v) is 22.0. The smallest absolute Gasteiger partial charge is 0.336 e. The van der Waals surface area contributed by atoms with Crippen molar-refractivity contribution in [2.24, 2.45) is 0 Å². The van der Waals surface area contributed by atoms with Crippen LogP contribution in [0.1, 0.15) is 56.1 Å². The van der Waals surface area contributed by atoms with E-state index in [2.05, 4.69) is 21.2 Å². The Morgan fingerprint density at radius 3 is 2.40 bits per heavy atom. The molecule has 35 heavy (non-hydrogen) atoms. The molecule has 0 saturated carbocycles. The van der Waals surface area contributed by atoms with Crippen molar-refractivity contribution in [3.8, 4) is 11.5 Å². The molecule has 7 heteroatoms. The number of allylic oxidation sites excluding steroid dienone is 3. The molecule has 0 radical (unpaired) electrons. The lowest BCUT2D eigenvalue weighted by molar-refractivity contribution is -0.139. The molecule has 0 bridgehead atoms. The molecule has 0 unspecified atom stereocenters. The second kappa shape index (κ2) is 10.7. The number of ketones is 1. The number of ether oxygens (including phenoxy) is 3. The van der Waals surface area contributed by atoms with Crippen LogP contribution in [0, 0.1) is 0 Å². The van der Waals surface area contributed by atoms with E-state index in [4.69, 9.17) is 14.2 Å². The van der Waals surface area contributed by atoms with Crippen LogP contribution >= 0.6 is 15.9 Å². The van der Waals surface area contributed by atoms with Gasteiger partial charge < -0.3 is 19.5 Å². The summed E-state index contributed by atoms with van der Waals surface area (Å²) in [7, 11) is 3.24. The van der Waals surface area contributed by atoms with E-state index in [0.717, 1.165) is 33.5 Å². The maximum Gasteiger partial charge on any atom is 0.336 e. The summed E-state index contributed by atoms with van der Waals surface area (Å²) in [6, 6.07) is 13.5. The first-order valence-electron chi connectivity index (χ1n) is 11.8. The quantitative estimate of drug-likeness (QED) is 0.449. The highest BCUT2D eigenvalue weighted by Crippen LogP contribution is 2.46. The van der Waals surface area contributed by atoms with Crippen LogP contribution in [0.25, 0.3) is 0 Å². The largest absolute Gasteiger partial charge is 0.497 e. The van der Waals surface area contributed by atoms with Crippen LogP contribution in [0.3, 0.4) is 0 Å². The Morgan fingerprint density at radius 1 is 1.06 bits per heavy atom. The third-order valence-electron chi connectivity index (χ3n) is 6.58. The normalized spacial score (nSPS) is 19.7. The van der Waals surface area contributed by atoms with E-state index in [0.29, 0.717) is 42.0 Å². The predicted molar refractivity (Wildman–Crippen MR) is 138 cm³/mol. The average molecular weight is 540 g/mol. The number of carbonyl (C=O) groups excluding carboxylic acids is 2. The average Bonchev–Trinajstić information content (AvgIpc) is 2.86. The number of hydrogen-bond acceptors (Lipinski definition) is 6. The van der Waals surface area contributed by atoms with E-state index in [-0.39, 0.29) is 11.7 Å². The first kappa shape index (κ1) is 25.0. The summed E-state index contributed by atoms with van der Waals surface area (Å²) in [5, 5.41) is 3.39. The van der Waals surface area contributed by atoms with E-state index in [9.17, 15) is 9.59 Å². The fourth-order valence-electron chi connectivity index (χ4n) is 4.89. The highest BCUT2D eigenvalue weighted by molar-refractivity contribution is 9.10. The summed E-state index contributed by atoms with van der Waals surface area (Å²) in [6.45, 7) is 4.16. The number of esters is 1. The topological polar surface area (TPSA) is 73.9 Å². The van der Waals surface area contributed by atoms with Gasteiger partial charge in [-0.25, -0.2) is 4.79 Å². The fourth-order valence-corrected chi connectivity index (χ4v) is 5.45. The number of rotatable bonds is 7. The van der Waals surface area contributed by atoms with Crippen LogP contribution < -0.4 is 14.8 Å². The number of carbonyl (C=O) groups is 2. The van der Waals surface area contributed by atoms with Gasteiger partial charge in [0.1, 0.15) is 11.5 Å². The highest BCUT2D eigenvalue weighted by atomic mass is 79.9. The Kier molecular flexibility index (Phi) is 7.65. The summed E-state index contributed by atoms with van der Waals surface area (Å²) in [5.41, 5.74) is 4.62. The van der Waals surface area contributed by atoms with Gasteiger partial charge in [0.2, 0.25) is 0 Å². The van der Waals surface area contributed by atoms with Gasteiger partial charge in [-0.15, -0.1) is 0 Å².